The van der Waals surface area contributed by atoms with Crippen LogP contribution in [0.3, 0.4) is 0 Å². The molecule has 0 fully saturated rings. The molecule has 0 saturated heterocycles. The molecule has 0 amide bonds. The molecule has 0 aliphatic carbocycles. The molecule has 0 heterocycles. The van der Waals surface area contributed by atoms with E-state index < -0.39 is 0 Å². The Labute approximate surface area is 74.9 Å². The van der Waals surface area contributed by atoms with E-state index in [9.17, 15) is 4.39 Å². The monoisotopic (exact) mass is 185 g/mol. The number of hydrazine groups is 2. The first-order valence-corrected chi connectivity index (χ1v) is 3.71. The first-order chi connectivity index (χ1) is 5.74. The maximum absolute atomic E-state index is 12.4. The molecule has 0 saturated carbocycles. The van der Waals surface area contributed by atoms with E-state index >= 15 is 0 Å². The third-order valence-corrected chi connectivity index (χ3v) is 1.40. The lowest BCUT2D eigenvalue weighted by molar-refractivity contribution is 0.627. The molecule has 0 aliphatic heterocycles. The highest BCUT2D eigenvalue weighted by Crippen LogP contribution is 2.09. The lowest BCUT2D eigenvalue weighted by Gasteiger charge is -2.16. The standard InChI is InChI=1S/C7H8FN3S/c8-6-1-3-7(4-2-6)11(9)10-5-12/h1-5H,9H2,(H,10,12). The van der Waals surface area contributed by atoms with Crippen molar-refractivity contribution in [2.45, 2.75) is 0 Å². The van der Waals surface area contributed by atoms with Crippen molar-refractivity contribution in [2.75, 3.05) is 5.12 Å². The number of nitrogens with two attached hydrogens (primary N) is 1. The fourth-order valence-corrected chi connectivity index (χ4v) is 0.847. The average Bonchev–Trinajstić information content (AvgIpc) is 2.06. The van der Waals surface area contributed by atoms with Gasteiger partial charge in [-0.1, -0.05) is 12.2 Å². The van der Waals surface area contributed by atoms with E-state index in [0.29, 0.717) is 5.69 Å². The van der Waals surface area contributed by atoms with E-state index in [1.165, 1.54) is 22.7 Å². The summed E-state index contributed by atoms with van der Waals surface area (Å²) >= 11 is 4.52. The third-order valence-electron chi connectivity index (χ3n) is 1.30. The molecule has 12 heavy (non-hydrogen) atoms. The first-order valence-electron chi connectivity index (χ1n) is 3.24. The van der Waals surface area contributed by atoms with Crippen LogP contribution < -0.4 is 16.4 Å². The molecule has 0 radical (unpaired) electrons. The molecule has 5 heteroatoms. The lowest BCUT2D eigenvalue weighted by atomic mass is 10.3. The Morgan fingerprint density at radius 2 is 2.00 bits per heavy atom. The number of thiocarbonyl (C=S) groups is 1. The second kappa shape index (κ2) is 3.99. The van der Waals surface area contributed by atoms with Gasteiger partial charge in [0.2, 0.25) is 0 Å². The molecule has 0 atom stereocenters. The molecular weight excluding hydrogens is 177 g/mol. The van der Waals surface area contributed by atoms with Gasteiger partial charge in [0.15, 0.2) is 0 Å². The summed E-state index contributed by atoms with van der Waals surface area (Å²) in [6.45, 7) is 0. The van der Waals surface area contributed by atoms with Crippen molar-refractivity contribution in [1.82, 2.24) is 5.43 Å². The van der Waals surface area contributed by atoms with Crippen molar-refractivity contribution >= 4 is 23.4 Å². The lowest BCUT2D eigenvalue weighted by Crippen LogP contribution is -2.42. The number of benzene rings is 1. The largest absolute Gasteiger partial charge is 0.281 e. The second-order valence-corrected chi connectivity index (χ2v) is 2.33. The number of anilines is 1. The molecule has 0 spiro atoms. The molecule has 64 valence electrons. The van der Waals surface area contributed by atoms with Crippen LogP contribution in [0.5, 0.6) is 0 Å². The predicted molar refractivity (Wildman–Crippen MR) is 49.9 cm³/mol. The van der Waals surface area contributed by atoms with E-state index in [4.69, 9.17) is 5.84 Å². The minimum atomic E-state index is -0.297. The van der Waals surface area contributed by atoms with Crippen molar-refractivity contribution in [1.29, 1.82) is 0 Å². The van der Waals surface area contributed by atoms with Gasteiger partial charge in [-0.15, -0.1) is 0 Å². The zero-order valence-corrected chi connectivity index (χ0v) is 7.01. The summed E-state index contributed by atoms with van der Waals surface area (Å²) in [6.07, 6.45) is 0. The molecule has 0 bridgehead atoms. The van der Waals surface area contributed by atoms with Gasteiger partial charge in [-0.3, -0.25) is 5.43 Å². The Kier molecular flexibility index (Phi) is 2.95. The zero-order valence-electron chi connectivity index (χ0n) is 6.20. The maximum atomic E-state index is 12.4. The van der Waals surface area contributed by atoms with Crippen LogP contribution in [0.4, 0.5) is 10.1 Å². The second-order valence-electron chi connectivity index (χ2n) is 2.09. The van der Waals surface area contributed by atoms with Crippen LogP contribution in [0.25, 0.3) is 0 Å². The van der Waals surface area contributed by atoms with Crippen molar-refractivity contribution in [3.63, 3.8) is 0 Å². The highest BCUT2D eigenvalue weighted by atomic mass is 32.1. The third kappa shape index (κ3) is 2.14. The highest BCUT2D eigenvalue weighted by Gasteiger charge is 1.97. The number of halogens is 1. The van der Waals surface area contributed by atoms with E-state index in [1.54, 1.807) is 12.1 Å². The van der Waals surface area contributed by atoms with E-state index in [0.717, 1.165) is 0 Å². The van der Waals surface area contributed by atoms with Gasteiger partial charge < -0.3 is 0 Å². The zero-order chi connectivity index (χ0) is 8.97. The summed E-state index contributed by atoms with van der Waals surface area (Å²) in [4.78, 5) is 0. The summed E-state index contributed by atoms with van der Waals surface area (Å²) in [6, 6.07) is 5.73. The summed E-state index contributed by atoms with van der Waals surface area (Å²) in [5.74, 6) is 5.16. The van der Waals surface area contributed by atoms with Gasteiger partial charge in [0, 0.05) is 0 Å². The van der Waals surface area contributed by atoms with Gasteiger partial charge in [-0.05, 0) is 24.3 Å². The van der Waals surface area contributed by atoms with Crippen LogP contribution in [0, 0.1) is 5.82 Å². The molecule has 1 aromatic carbocycles. The SMILES string of the molecule is NN(NC=S)c1ccc(F)cc1. The topological polar surface area (TPSA) is 41.3 Å². The first kappa shape index (κ1) is 8.89. The van der Waals surface area contributed by atoms with Crippen LogP contribution in [0.2, 0.25) is 0 Å². The molecular formula is C7H8FN3S. The number of hydrogen-bond acceptors (Lipinski definition) is 3. The van der Waals surface area contributed by atoms with Gasteiger partial charge in [-0.2, -0.15) is 0 Å². The fourth-order valence-electron chi connectivity index (χ4n) is 0.733. The molecule has 0 aromatic heterocycles. The molecule has 0 unspecified atom stereocenters. The Morgan fingerprint density at radius 1 is 1.42 bits per heavy atom. The summed E-state index contributed by atoms with van der Waals surface area (Å²) < 4.78 is 12.4. The van der Waals surface area contributed by atoms with Crippen molar-refractivity contribution < 1.29 is 4.39 Å². The van der Waals surface area contributed by atoms with Crippen molar-refractivity contribution in [3.8, 4) is 0 Å². The summed E-state index contributed by atoms with van der Waals surface area (Å²) in [7, 11) is 0. The van der Waals surface area contributed by atoms with Crippen LogP contribution in [0.1, 0.15) is 0 Å². The van der Waals surface area contributed by atoms with Gasteiger partial charge >= 0.3 is 0 Å². The van der Waals surface area contributed by atoms with Crippen LogP contribution in [0.15, 0.2) is 24.3 Å². The van der Waals surface area contributed by atoms with Gasteiger partial charge in [0.25, 0.3) is 0 Å². The molecule has 3 N–H and O–H groups in total. The van der Waals surface area contributed by atoms with Crippen LogP contribution in [-0.4, -0.2) is 5.49 Å². The molecule has 1 aromatic rings. The number of rotatable bonds is 3. The van der Waals surface area contributed by atoms with Crippen LogP contribution in [-0.2, 0) is 0 Å². The Hall–Kier alpha value is -1.20. The summed E-state index contributed by atoms with van der Waals surface area (Å²) in [5, 5.41) is 1.20. The van der Waals surface area contributed by atoms with Gasteiger partial charge in [0.05, 0.1) is 11.2 Å². The molecule has 0 aliphatic rings. The van der Waals surface area contributed by atoms with Crippen LogP contribution >= 0.6 is 12.2 Å². The smallest absolute Gasteiger partial charge is 0.123 e. The van der Waals surface area contributed by atoms with E-state index in [1.807, 2.05) is 0 Å². The Bertz CT molecular complexity index is 262. The molecule has 1 rings (SSSR count). The normalized spacial score (nSPS) is 9.17. The average molecular weight is 185 g/mol. The predicted octanol–water partition coefficient (Wildman–Crippen LogP) is 0.968. The molecule has 3 nitrogen and oxygen atoms in total. The number of nitrogens with one attached hydrogen (secondary N) is 1. The quantitative estimate of drug-likeness (QED) is 0.418. The Balaban J connectivity index is 2.74. The van der Waals surface area contributed by atoms with Crippen molar-refractivity contribution in [3.05, 3.63) is 30.1 Å². The highest BCUT2D eigenvalue weighted by molar-refractivity contribution is 7.78. The number of hydrogen-bond donors (Lipinski definition) is 2. The fraction of sp³-hybridized carbons (Fsp3) is 0. The minimum absolute atomic E-state index is 0.297. The maximum Gasteiger partial charge on any atom is 0.123 e. The van der Waals surface area contributed by atoms with Crippen molar-refractivity contribution in [2.24, 2.45) is 5.84 Å². The Morgan fingerprint density at radius 3 is 2.50 bits per heavy atom. The summed E-state index contributed by atoms with van der Waals surface area (Å²) in [5.41, 5.74) is 4.46. The minimum Gasteiger partial charge on any atom is -0.281 e. The number of nitrogens with zero attached hydrogens (tertiary/aromatic N) is 1. The van der Waals surface area contributed by atoms with Gasteiger partial charge in [-0.25, -0.2) is 15.4 Å². The van der Waals surface area contributed by atoms with E-state index in [2.05, 4.69) is 17.6 Å². The van der Waals surface area contributed by atoms with E-state index in [-0.39, 0.29) is 5.82 Å². The van der Waals surface area contributed by atoms with Gasteiger partial charge in [0.1, 0.15) is 5.82 Å².